The molecule has 2 fully saturated rings. The number of hydrogen-bond donors (Lipinski definition) is 2. The minimum absolute atomic E-state index is 0.000127. The van der Waals surface area contributed by atoms with Crippen LogP contribution in [0.4, 0.5) is 24.5 Å². The van der Waals surface area contributed by atoms with E-state index in [4.69, 9.17) is 10.5 Å². The Balaban J connectivity index is 1.86. The summed E-state index contributed by atoms with van der Waals surface area (Å²) >= 11 is 0. The molecule has 3 rings (SSSR count). The average molecular weight is 471 g/mol. The molecule has 3 N–H and O–H groups in total. The van der Waals surface area contributed by atoms with Crippen molar-refractivity contribution in [3.63, 3.8) is 0 Å². The van der Waals surface area contributed by atoms with E-state index in [0.717, 1.165) is 25.3 Å². The van der Waals surface area contributed by atoms with E-state index in [1.807, 2.05) is 4.90 Å². The van der Waals surface area contributed by atoms with Crippen LogP contribution in [0.1, 0.15) is 45.6 Å². The lowest BCUT2D eigenvalue weighted by atomic mass is 9.86. The number of anilines is 2. The lowest BCUT2D eigenvalue weighted by Crippen LogP contribution is -2.57. The predicted molar refractivity (Wildman–Crippen MR) is 120 cm³/mol. The van der Waals surface area contributed by atoms with Gasteiger partial charge in [0, 0.05) is 31.4 Å². The summed E-state index contributed by atoms with van der Waals surface area (Å²) in [5.74, 6) is -0.970. The summed E-state index contributed by atoms with van der Waals surface area (Å²) in [4.78, 5) is 28.5. The monoisotopic (exact) mass is 470 g/mol. The lowest BCUT2D eigenvalue weighted by Gasteiger charge is -2.44. The zero-order valence-corrected chi connectivity index (χ0v) is 19.4. The molecule has 1 saturated heterocycles. The minimum Gasteiger partial charge on any atom is -0.370 e. The molecule has 1 saturated carbocycles. The number of morpholine rings is 1. The number of nitrogens with one attached hydrogen (secondary N) is 1. The normalized spacial score (nSPS) is 18.9. The zero-order chi connectivity index (χ0) is 24.4. The van der Waals surface area contributed by atoms with Gasteiger partial charge in [-0.25, -0.2) is 0 Å². The summed E-state index contributed by atoms with van der Waals surface area (Å²) in [5.41, 5.74) is 4.61. The van der Waals surface area contributed by atoms with E-state index in [-0.39, 0.29) is 49.1 Å². The molecule has 33 heavy (non-hydrogen) atoms. The molecule has 1 aromatic carbocycles. The Labute approximate surface area is 192 Å². The highest BCUT2D eigenvalue weighted by Crippen LogP contribution is 2.38. The molecule has 1 aliphatic carbocycles. The van der Waals surface area contributed by atoms with Crippen LogP contribution in [0.15, 0.2) is 18.2 Å². The second-order valence-corrected chi connectivity index (χ2v) is 9.88. The fraction of sp³-hybridized carbons (Fsp3) is 0.652. The van der Waals surface area contributed by atoms with Crippen LogP contribution in [-0.4, -0.2) is 61.6 Å². The Morgan fingerprint density at radius 2 is 2.00 bits per heavy atom. The summed E-state index contributed by atoms with van der Waals surface area (Å²) < 4.78 is 46.7. The highest BCUT2D eigenvalue weighted by Gasteiger charge is 2.38. The molecular formula is C23H33F3N4O3. The van der Waals surface area contributed by atoms with Crippen molar-refractivity contribution >= 4 is 23.2 Å². The van der Waals surface area contributed by atoms with E-state index < -0.39 is 29.6 Å². The molecule has 0 unspecified atom stereocenters. The number of nitrogens with two attached hydrogens (primary N) is 1. The van der Waals surface area contributed by atoms with Gasteiger partial charge in [0.15, 0.2) is 0 Å². The SMILES string of the molecule is CC(C)(C)CN(C1CCC1)[C@H](CN)C(=O)Nc1ccc(N2CCOCC2=O)cc1C(F)(F)F. The lowest BCUT2D eigenvalue weighted by molar-refractivity contribution is -0.137. The first-order valence-corrected chi connectivity index (χ1v) is 11.3. The van der Waals surface area contributed by atoms with E-state index >= 15 is 0 Å². The molecule has 10 heteroatoms. The first kappa shape index (κ1) is 25.5. The molecule has 2 aliphatic rings. The number of rotatable bonds is 7. The van der Waals surface area contributed by atoms with E-state index in [2.05, 4.69) is 26.1 Å². The number of ether oxygens (including phenoxy) is 1. The van der Waals surface area contributed by atoms with Gasteiger partial charge in [-0.15, -0.1) is 0 Å². The second kappa shape index (κ2) is 9.99. The van der Waals surface area contributed by atoms with Crippen molar-refractivity contribution in [1.82, 2.24) is 4.90 Å². The maximum Gasteiger partial charge on any atom is 0.418 e. The van der Waals surface area contributed by atoms with Crippen LogP contribution in [-0.2, 0) is 20.5 Å². The van der Waals surface area contributed by atoms with Gasteiger partial charge in [0.2, 0.25) is 5.91 Å². The van der Waals surface area contributed by atoms with Gasteiger partial charge in [0.1, 0.15) is 12.6 Å². The Morgan fingerprint density at radius 3 is 2.52 bits per heavy atom. The van der Waals surface area contributed by atoms with Crippen molar-refractivity contribution < 1.29 is 27.5 Å². The Bertz CT molecular complexity index is 865. The van der Waals surface area contributed by atoms with Gasteiger partial charge in [-0.05, 0) is 36.5 Å². The van der Waals surface area contributed by atoms with Crippen molar-refractivity contribution in [3.05, 3.63) is 23.8 Å². The van der Waals surface area contributed by atoms with E-state index in [1.165, 1.54) is 17.0 Å². The summed E-state index contributed by atoms with van der Waals surface area (Å²) in [6.45, 7) is 7.00. The highest BCUT2D eigenvalue weighted by molar-refractivity contribution is 5.98. The molecule has 0 spiro atoms. The number of nitrogens with zero attached hydrogens (tertiary/aromatic N) is 2. The Hall–Kier alpha value is -2.17. The third kappa shape index (κ3) is 6.24. The zero-order valence-electron chi connectivity index (χ0n) is 19.4. The molecule has 1 heterocycles. The maximum absolute atomic E-state index is 13.9. The van der Waals surface area contributed by atoms with Crippen molar-refractivity contribution in [2.45, 2.75) is 58.3 Å². The van der Waals surface area contributed by atoms with Crippen LogP contribution < -0.4 is 16.0 Å². The summed E-state index contributed by atoms with van der Waals surface area (Å²) in [5, 5.41) is 2.47. The number of amides is 2. The van der Waals surface area contributed by atoms with E-state index in [0.29, 0.717) is 6.54 Å². The van der Waals surface area contributed by atoms with Crippen molar-refractivity contribution in [1.29, 1.82) is 0 Å². The standard InChI is InChI=1S/C23H33F3N4O3/c1-22(2,3)14-30(15-5-4-6-15)19(12-27)21(32)28-18-8-7-16(11-17(18)23(24,25)26)29-9-10-33-13-20(29)31/h7-8,11,15,19H,4-6,9-10,12-14,27H2,1-3H3,(H,28,32)/t19-/m1/s1. The molecule has 1 aromatic rings. The third-order valence-corrected chi connectivity index (χ3v) is 5.99. The minimum atomic E-state index is -4.72. The van der Waals surface area contributed by atoms with Gasteiger partial charge in [-0.1, -0.05) is 27.2 Å². The fourth-order valence-corrected chi connectivity index (χ4v) is 4.20. The number of alkyl halides is 3. The number of carbonyl (C=O) groups is 2. The van der Waals surface area contributed by atoms with Gasteiger partial charge >= 0.3 is 6.18 Å². The number of carbonyl (C=O) groups excluding carboxylic acids is 2. The maximum atomic E-state index is 13.9. The molecule has 0 aromatic heterocycles. The number of halogens is 3. The topological polar surface area (TPSA) is 87.9 Å². The van der Waals surface area contributed by atoms with Crippen LogP contribution >= 0.6 is 0 Å². The van der Waals surface area contributed by atoms with Crippen LogP contribution in [0.2, 0.25) is 0 Å². The quantitative estimate of drug-likeness (QED) is 0.639. The van der Waals surface area contributed by atoms with E-state index in [9.17, 15) is 22.8 Å². The van der Waals surface area contributed by atoms with Crippen LogP contribution in [0.3, 0.4) is 0 Å². The average Bonchev–Trinajstić information content (AvgIpc) is 2.66. The second-order valence-electron chi connectivity index (χ2n) is 9.88. The van der Waals surface area contributed by atoms with Gasteiger partial charge in [-0.3, -0.25) is 14.5 Å². The van der Waals surface area contributed by atoms with Crippen molar-refractivity contribution in [2.24, 2.45) is 11.1 Å². The van der Waals surface area contributed by atoms with Crippen LogP contribution in [0.25, 0.3) is 0 Å². The van der Waals surface area contributed by atoms with Crippen molar-refractivity contribution in [2.75, 3.05) is 43.1 Å². The molecule has 7 nitrogen and oxygen atoms in total. The van der Waals surface area contributed by atoms with E-state index in [1.54, 1.807) is 0 Å². The Kier molecular flexibility index (Phi) is 7.70. The van der Waals surface area contributed by atoms with Crippen molar-refractivity contribution in [3.8, 4) is 0 Å². The predicted octanol–water partition coefficient (Wildman–Crippen LogP) is 3.24. The highest BCUT2D eigenvalue weighted by atomic mass is 19.4. The molecule has 2 amide bonds. The Morgan fingerprint density at radius 1 is 1.30 bits per heavy atom. The number of hydrogen-bond acceptors (Lipinski definition) is 5. The molecule has 184 valence electrons. The molecule has 1 atom stereocenters. The largest absolute Gasteiger partial charge is 0.418 e. The smallest absolute Gasteiger partial charge is 0.370 e. The summed E-state index contributed by atoms with van der Waals surface area (Å²) in [7, 11) is 0. The molecular weight excluding hydrogens is 437 g/mol. The first-order chi connectivity index (χ1) is 15.4. The van der Waals surface area contributed by atoms with Crippen LogP contribution in [0.5, 0.6) is 0 Å². The number of benzene rings is 1. The van der Waals surface area contributed by atoms with Gasteiger partial charge < -0.3 is 20.7 Å². The van der Waals surface area contributed by atoms with Gasteiger partial charge in [-0.2, -0.15) is 13.2 Å². The fourth-order valence-electron chi connectivity index (χ4n) is 4.20. The van der Waals surface area contributed by atoms with Gasteiger partial charge in [0.05, 0.1) is 17.9 Å². The summed E-state index contributed by atoms with van der Waals surface area (Å²) in [6, 6.07) is 2.96. The molecule has 0 bridgehead atoms. The molecule has 0 radical (unpaired) electrons. The van der Waals surface area contributed by atoms with Gasteiger partial charge in [0.25, 0.3) is 5.91 Å². The third-order valence-electron chi connectivity index (χ3n) is 5.99. The molecule has 1 aliphatic heterocycles. The van der Waals surface area contributed by atoms with Crippen LogP contribution in [0, 0.1) is 5.41 Å². The summed E-state index contributed by atoms with van der Waals surface area (Å²) in [6.07, 6.45) is -1.78. The first-order valence-electron chi connectivity index (χ1n) is 11.3.